The minimum absolute atomic E-state index is 0.0783. The summed E-state index contributed by atoms with van der Waals surface area (Å²) in [7, 11) is 0. The van der Waals surface area contributed by atoms with Gasteiger partial charge >= 0.3 is 5.69 Å². The summed E-state index contributed by atoms with van der Waals surface area (Å²) in [6, 6.07) is 4.44. The topological polar surface area (TPSA) is 71.9 Å². The molecule has 0 fully saturated rings. The quantitative estimate of drug-likeness (QED) is 0.856. The molecule has 122 valence electrons. The zero-order valence-corrected chi connectivity index (χ0v) is 14.5. The number of aromatic nitrogens is 2. The van der Waals surface area contributed by atoms with Gasteiger partial charge < -0.3 is 0 Å². The third-order valence-corrected chi connectivity index (χ3v) is 3.91. The van der Waals surface area contributed by atoms with Crippen LogP contribution in [-0.2, 0) is 6.54 Å². The number of carbonyl (C=O) groups excluding carboxylic acids is 1. The highest BCUT2D eigenvalue weighted by atomic mass is 35.5. The lowest BCUT2D eigenvalue weighted by Gasteiger charge is -2.16. The van der Waals surface area contributed by atoms with Crippen LogP contribution in [0.2, 0.25) is 10.0 Å². The van der Waals surface area contributed by atoms with Gasteiger partial charge in [-0.05, 0) is 31.0 Å². The van der Waals surface area contributed by atoms with Crippen LogP contribution < -0.4 is 11.2 Å². The van der Waals surface area contributed by atoms with Crippen molar-refractivity contribution in [1.29, 1.82) is 0 Å². The summed E-state index contributed by atoms with van der Waals surface area (Å²) in [5.74, 6) is -0.686. The van der Waals surface area contributed by atoms with Gasteiger partial charge in [-0.1, -0.05) is 37.0 Å². The van der Waals surface area contributed by atoms with Crippen molar-refractivity contribution in [1.82, 2.24) is 9.55 Å². The Bertz CT molecular complexity index is 862. The van der Waals surface area contributed by atoms with Crippen LogP contribution in [-0.4, -0.2) is 15.3 Å². The first-order chi connectivity index (χ1) is 10.8. The summed E-state index contributed by atoms with van der Waals surface area (Å²) in [6.07, 6.45) is 0. The van der Waals surface area contributed by atoms with Gasteiger partial charge in [0.25, 0.3) is 5.56 Å². The van der Waals surface area contributed by atoms with Crippen LogP contribution in [0.1, 0.15) is 48.3 Å². The summed E-state index contributed by atoms with van der Waals surface area (Å²) in [5, 5.41) is 0.615. The second kappa shape index (κ2) is 6.72. The van der Waals surface area contributed by atoms with Crippen LogP contribution in [0.4, 0.5) is 0 Å². The summed E-state index contributed by atoms with van der Waals surface area (Å²) in [4.78, 5) is 39.4. The maximum absolute atomic E-state index is 12.9. The van der Waals surface area contributed by atoms with Crippen LogP contribution in [0.15, 0.2) is 27.8 Å². The Kier molecular flexibility index (Phi) is 5.12. The molecular formula is C16H16Cl2N2O3. The molecule has 0 unspecified atom stereocenters. The Morgan fingerprint density at radius 3 is 2.22 bits per heavy atom. The molecule has 2 aromatic rings. The molecule has 0 spiro atoms. The number of ketones is 1. The van der Waals surface area contributed by atoms with Crippen molar-refractivity contribution in [3.8, 4) is 0 Å². The Morgan fingerprint density at radius 1 is 1.17 bits per heavy atom. The van der Waals surface area contributed by atoms with Crippen molar-refractivity contribution < 1.29 is 4.79 Å². The van der Waals surface area contributed by atoms with E-state index < -0.39 is 17.0 Å². The monoisotopic (exact) mass is 354 g/mol. The highest BCUT2D eigenvalue weighted by molar-refractivity contribution is 6.35. The van der Waals surface area contributed by atoms with Gasteiger partial charge in [0.15, 0.2) is 0 Å². The summed E-state index contributed by atoms with van der Waals surface area (Å²) in [6.45, 7) is 5.56. The number of hydrogen-bond acceptors (Lipinski definition) is 3. The number of benzene rings is 1. The van der Waals surface area contributed by atoms with E-state index in [0.717, 1.165) is 0 Å². The van der Waals surface area contributed by atoms with E-state index in [1.165, 1.54) is 22.8 Å². The number of rotatable bonds is 4. The Morgan fingerprint density at radius 2 is 1.74 bits per heavy atom. The predicted molar refractivity (Wildman–Crippen MR) is 91.0 cm³/mol. The van der Waals surface area contributed by atoms with Crippen molar-refractivity contribution in [2.45, 2.75) is 33.2 Å². The zero-order valence-electron chi connectivity index (χ0n) is 12.9. The average molecular weight is 355 g/mol. The number of halogens is 2. The van der Waals surface area contributed by atoms with E-state index in [4.69, 9.17) is 23.2 Å². The van der Waals surface area contributed by atoms with E-state index in [0.29, 0.717) is 10.0 Å². The molecule has 5 nitrogen and oxygen atoms in total. The molecule has 1 aromatic heterocycles. The van der Waals surface area contributed by atoms with E-state index in [1.807, 2.05) is 0 Å². The molecule has 2 rings (SSSR count). The van der Waals surface area contributed by atoms with Crippen molar-refractivity contribution >= 4 is 29.0 Å². The third-order valence-electron chi connectivity index (χ3n) is 3.47. The van der Waals surface area contributed by atoms with Crippen LogP contribution in [0.5, 0.6) is 0 Å². The molecule has 1 heterocycles. The molecule has 0 aliphatic rings. The second-order valence-corrected chi connectivity index (χ2v) is 6.28. The number of nitrogens with one attached hydrogen (secondary N) is 1. The van der Waals surface area contributed by atoms with Gasteiger partial charge in [-0.25, -0.2) is 4.79 Å². The lowest BCUT2D eigenvalue weighted by molar-refractivity contribution is 0.102. The van der Waals surface area contributed by atoms with Gasteiger partial charge in [-0.15, -0.1) is 0 Å². The highest BCUT2D eigenvalue weighted by Crippen LogP contribution is 2.23. The minimum atomic E-state index is -0.613. The standard InChI is InChI=1S/C16H16Cl2N2O3/c1-4-20-13(12(8(2)3)15(22)19-16(20)23)14(21)9-5-10(17)7-11(18)6-9/h5-8H,4H2,1-3H3,(H,19,22,23). The lowest BCUT2D eigenvalue weighted by atomic mass is 9.97. The number of carbonyl (C=O) groups is 1. The van der Waals surface area contributed by atoms with Crippen molar-refractivity contribution in [2.24, 2.45) is 0 Å². The molecule has 1 aromatic carbocycles. The number of nitrogens with zero attached hydrogens (tertiary/aromatic N) is 1. The molecule has 0 saturated carbocycles. The van der Waals surface area contributed by atoms with Crippen molar-refractivity contribution in [3.63, 3.8) is 0 Å². The maximum atomic E-state index is 12.9. The highest BCUT2D eigenvalue weighted by Gasteiger charge is 2.24. The smallest absolute Gasteiger partial charge is 0.290 e. The summed E-state index contributed by atoms with van der Waals surface area (Å²) in [5.41, 5.74) is -0.580. The van der Waals surface area contributed by atoms with Crippen LogP contribution in [0, 0.1) is 0 Å². The predicted octanol–water partition coefficient (Wildman–Crippen LogP) is 3.22. The fourth-order valence-electron chi connectivity index (χ4n) is 2.49. The minimum Gasteiger partial charge on any atom is -0.290 e. The largest absolute Gasteiger partial charge is 0.328 e. The third kappa shape index (κ3) is 3.41. The van der Waals surface area contributed by atoms with Crippen molar-refractivity contribution in [2.75, 3.05) is 0 Å². The molecule has 0 aliphatic heterocycles. The Labute approximate surface area is 142 Å². The summed E-state index contributed by atoms with van der Waals surface area (Å²) < 4.78 is 1.26. The zero-order chi connectivity index (χ0) is 17.3. The molecule has 0 aliphatic carbocycles. The van der Waals surface area contributed by atoms with Gasteiger partial charge in [-0.2, -0.15) is 0 Å². The van der Waals surface area contributed by atoms with Crippen LogP contribution in [0.3, 0.4) is 0 Å². The van der Waals surface area contributed by atoms with Gasteiger partial charge in [0, 0.05) is 27.7 Å². The molecule has 0 bridgehead atoms. The van der Waals surface area contributed by atoms with Gasteiger partial charge in [0.1, 0.15) is 5.69 Å². The van der Waals surface area contributed by atoms with Gasteiger partial charge in [0.05, 0.1) is 0 Å². The van der Waals surface area contributed by atoms with Crippen molar-refractivity contribution in [3.05, 3.63) is 65.9 Å². The maximum Gasteiger partial charge on any atom is 0.328 e. The summed E-state index contributed by atoms with van der Waals surface area (Å²) >= 11 is 11.9. The van der Waals surface area contributed by atoms with Crippen LogP contribution in [0.25, 0.3) is 0 Å². The molecule has 0 atom stereocenters. The van der Waals surface area contributed by atoms with E-state index >= 15 is 0 Å². The van der Waals surface area contributed by atoms with Gasteiger partial charge in [-0.3, -0.25) is 19.1 Å². The van der Waals surface area contributed by atoms with Gasteiger partial charge in [0.2, 0.25) is 5.78 Å². The molecular weight excluding hydrogens is 339 g/mol. The van der Waals surface area contributed by atoms with E-state index in [9.17, 15) is 14.4 Å². The fraction of sp³-hybridized carbons (Fsp3) is 0.312. The average Bonchev–Trinajstić information content (AvgIpc) is 2.44. The molecule has 7 heteroatoms. The number of hydrogen-bond donors (Lipinski definition) is 1. The Hall–Kier alpha value is -1.85. The first-order valence-corrected chi connectivity index (χ1v) is 7.89. The van der Waals surface area contributed by atoms with E-state index in [1.54, 1.807) is 20.8 Å². The van der Waals surface area contributed by atoms with E-state index in [2.05, 4.69) is 4.98 Å². The second-order valence-electron chi connectivity index (χ2n) is 5.41. The fourth-order valence-corrected chi connectivity index (χ4v) is 3.02. The molecule has 23 heavy (non-hydrogen) atoms. The first-order valence-electron chi connectivity index (χ1n) is 7.14. The molecule has 1 N–H and O–H groups in total. The normalized spacial score (nSPS) is 11.0. The lowest BCUT2D eigenvalue weighted by Crippen LogP contribution is -2.37. The molecule has 0 amide bonds. The molecule has 0 saturated heterocycles. The Balaban J connectivity index is 2.82. The number of aromatic amines is 1. The molecule has 0 radical (unpaired) electrons. The van der Waals surface area contributed by atoms with E-state index in [-0.39, 0.29) is 29.3 Å². The first kappa shape index (κ1) is 17.5. The number of H-pyrrole nitrogens is 1. The van der Waals surface area contributed by atoms with Crippen LogP contribution >= 0.6 is 23.2 Å². The SMILES string of the molecule is CCn1c(C(=O)c2cc(Cl)cc(Cl)c2)c(C(C)C)c(=O)[nH]c1=O.